The molecule has 2 aliphatic rings. The molecule has 3 atom stereocenters. The summed E-state index contributed by atoms with van der Waals surface area (Å²) >= 11 is 18.0. The highest BCUT2D eigenvalue weighted by Crippen LogP contribution is 2.45. The average Bonchev–Trinajstić information content (AvgIpc) is 2.63. The van der Waals surface area contributed by atoms with Crippen molar-refractivity contribution in [3.8, 4) is 0 Å². The molecule has 1 aromatic carbocycles. The van der Waals surface area contributed by atoms with Gasteiger partial charge in [-0.25, -0.2) is 0 Å². The van der Waals surface area contributed by atoms with E-state index in [4.69, 9.17) is 34.8 Å². The summed E-state index contributed by atoms with van der Waals surface area (Å²) < 4.78 is 0. The Balaban J connectivity index is 1.77. The lowest BCUT2D eigenvalue weighted by Gasteiger charge is -2.41. The number of nitrogens with one attached hydrogen (secondary N) is 1. The third-order valence-corrected chi connectivity index (χ3v) is 4.75. The van der Waals surface area contributed by atoms with Crippen LogP contribution < -0.4 is 5.32 Å². The fourth-order valence-corrected chi connectivity index (χ4v) is 3.32. The van der Waals surface area contributed by atoms with E-state index >= 15 is 0 Å². The molecule has 0 aromatic heterocycles. The van der Waals surface area contributed by atoms with E-state index in [9.17, 15) is 0 Å². The largest absolute Gasteiger partial charge is 0.380 e. The predicted molar refractivity (Wildman–Crippen MR) is 74.2 cm³/mol. The zero-order valence-electron chi connectivity index (χ0n) is 9.09. The molecule has 0 saturated heterocycles. The SMILES string of the molecule is Clc1cc(Cl)c(NC2CC3CC=CC32)cc1Cl. The van der Waals surface area contributed by atoms with Crippen molar-refractivity contribution in [2.24, 2.45) is 11.8 Å². The number of benzene rings is 1. The van der Waals surface area contributed by atoms with Gasteiger partial charge in [-0.3, -0.25) is 0 Å². The van der Waals surface area contributed by atoms with Crippen molar-refractivity contribution < 1.29 is 0 Å². The summed E-state index contributed by atoms with van der Waals surface area (Å²) in [4.78, 5) is 0. The lowest BCUT2D eigenvalue weighted by atomic mass is 9.71. The number of halogens is 3. The molecule has 0 heterocycles. The van der Waals surface area contributed by atoms with Gasteiger partial charge in [0.1, 0.15) is 0 Å². The summed E-state index contributed by atoms with van der Waals surface area (Å²) in [5.74, 6) is 1.48. The van der Waals surface area contributed by atoms with Gasteiger partial charge in [-0.05, 0) is 30.9 Å². The topological polar surface area (TPSA) is 12.0 Å². The van der Waals surface area contributed by atoms with E-state index in [2.05, 4.69) is 17.5 Å². The van der Waals surface area contributed by atoms with E-state index in [1.54, 1.807) is 12.1 Å². The zero-order valence-corrected chi connectivity index (χ0v) is 11.4. The Bertz CT molecular complexity index is 484. The third kappa shape index (κ3) is 2.05. The summed E-state index contributed by atoms with van der Waals surface area (Å²) in [7, 11) is 0. The Kier molecular flexibility index (Phi) is 3.02. The Labute approximate surface area is 116 Å². The van der Waals surface area contributed by atoms with Gasteiger partial charge in [0.25, 0.3) is 0 Å². The molecule has 1 nitrogen and oxygen atoms in total. The molecule has 4 heteroatoms. The molecule has 0 amide bonds. The minimum atomic E-state index is 0.480. The molecule has 1 aromatic rings. The molecule has 0 spiro atoms. The maximum absolute atomic E-state index is 6.15. The summed E-state index contributed by atoms with van der Waals surface area (Å²) in [6.07, 6.45) is 7.00. The lowest BCUT2D eigenvalue weighted by Crippen LogP contribution is -2.43. The normalized spacial score (nSPS) is 29.9. The second kappa shape index (κ2) is 4.38. The molecule has 0 aliphatic heterocycles. The standard InChI is InChI=1S/C13H12Cl3N/c14-9-5-11(16)13(6-10(9)15)17-12-4-7-2-1-3-8(7)12/h1,3,5-8,12,17H,2,4H2. The molecule has 1 N–H and O–H groups in total. The molecule has 17 heavy (non-hydrogen) atoms. The van der Waals surface area contributed by atoms with Crippen molar-refractivity contribution in [2.45, 2.75) is 18.9 Å². The quantitative estimate of drug-likeness (QED) is 0.595. The number of hydrogen-bond donors (Lipinski definition) is 1. The average molecular weight is 289 g/mol. The van der Waals surface area contributed by atoms with Gasteiger partial charge in [-0.1, -0.05) is 47.0 Å². The second-order valence-corrected chi connectivity index (χ2v) is 5.96. The van der Waals surface area contributed by atoms with E-state index < -0.39 is 0 Å². The first-order chi connectivity index (χ1) is 8.15. The molecular weight excluding hydrogens is 277 g/mol. The Morgan fingerprint density at radius 1 is 1.06 bits per heavy atom. The van der Waals surface area contributed by atoms with E-state index in [0.29, 0.717) is 27.0 Å². The third-order valence-electron chi connectivity index (χ3n) is 3.71. The Morgan fingerprint density at radius 3 is 2.59 bits per heavy atom. The van der Waals surface area contributed by atoms with Crippen molar-refractivity contribution in [1.82, 2.24) is 0 Å². The molecule has 1 fully saturated rings. The van der Waals surface area contributed by atoms with E-state index in [0.717, 1.165) is 11.6 Å². The van der Waals surface area contributed by atoms with Gasteiger partial charge < -0.3 is 5.32 Å². The molecule has 2 aliphatic carbocycles. The molecule has 1 saturated carbocycles. The van der Waals surface area contributed by atoms with Gasteiger partial charge in [0.2, 0.25) is 0 Å². The number of fused-ring (bicyclic) bond motifs is 1. The Hall–Kier alpha value is -0.370. The van der Waals surface area contributed by atoms with Crippen LogP contribution in [0.1, 0.15) is 12.8 Å². The summed E-state index contributed by atoms with van der Waals surface area (Å²) in [6.45, 7) is 0. The van der Waals surface area contributed by atoms with Crippen molar-refractivity contribution in [2.75, 3.05) is 5.32 Å². The molecule has 90 valence electrons. The van der Waals surface area contributed by atoms with Crippen LogP contribution in [-0.2, 0) is 0 Å². The molecule has 0 bridgehead atoms. The van der Waals surface area contributed by atoms with Gasteiger partial charge in [0, 0.05) is 12.0 Å². The van der Waals surface area contributed by atoms with Crippen LogP contribution in [-0.4, -0.2) is 6.04 Å². The van der Waals surface area contributed by atoms with Gasteiger partial charge in [0.05, 0.1) is 20.8 Å². The van der Waals surface area contributed by atoms with Crippen LogP contribution in [0.4, 0.5) is 5.69 Å². The Morgan fingerprint density at radius 2 is 1.82 bits per heavy atom. The minimum Gasteiger partial charge on any atom is -0.380 e. The van der Waals surface area contributed by atoms with Gasteiger partial charge >= 0.3 is 0 Å². The number of anilines is 1. The zero-order chi connectivity index (χ0) is 12.0. The molecule has 3 unspecified atom stereocenters. The van der Waals surface area contributed by atoms with Gasteiger partial charge in [-0.2, -0.15) is 0 Å². The van der Waals surface area contributed by atoms with Gasteiger partial charge in [-0.15, -0.1) is 0 Å². The highest BCUT2D eigenvalue weighted by Gasteiger charge is 2.41. The van der Waals surface area contributed by atoms with Crippen LogP contribution in [0.3, 0.4) is 0 Å². The van der Waals surface area contributed by atoms with E-state index in [1.807, 2.05) is 0 Å². The van der Waals surface area contributed by atoms with Crippen molar-refractivity contribution in [3.05, 3.63) is 39.4 Å². The van der Waals surface area contributed by atoms with Gasteiger partial charge in [0.15, 0.2) is 0 Å². The monoisotopic (exact) mass is 287 g/mol. The van der Waals surface area contributed by atoms with Crippen LogP contribution in [0.2, 0.25) is 15.1 Å². The van der Waals surface area contributed by atoms with E-state index in [1.165, 1.54) is 12.8 Å². The summed E-state index contributed by atoms with van der Waals surface area (Å²) in [6, 6.07) is 3.97. The molecular formula is C13H12Cl3N. The maximum Gasteiger partial charge on any atom is 0.0653 e. The summed E-state index contributed by atoms with van der Waals surface area (Å²) in [5, 5.41) is 5.12. The first-order valence-corrected chi connectivity index (χ1v) is 6.86. The number of hydrogen-bond acceptors (Lipinski definition) is 1. The van der Waals surface area contributed by atoms with Crippen LogP contribution in [0, 0.1) is 11.8 Å². The lowest BCUT2D eigenvalue weighted by molar-refractivity contribution is 0.218. The predicted octanol–water partition coefficient (Wildman–Crippen LogP) is 5.02. The molecule has 3 rings (SSSR count). The van der Waals surface area contributed by atoms with Crippen LogP contribution in [0.5, 0.6) is 0 Å². The number of rotatable bonds is 2. The van der Waals surface area contributed by atoms with E-state index in [-0.39, 0.29) is 0 Å². The maximum atomic E-state index is 6.15. The first-order valence-electron chi connectivity index (χ1n) is 5.73. The fraction of sp³-hybridized carbons (Fsp3) is 0.385. The van der Waals surface area contributed by atoms with Crippen molar-refractivity contribution in [3.63, 3.8) is 0 Å². The minimum absolute atomic E-state index is 0.480. The smallest absolute Gasteiger partial charge is 0.0653 e. The van der Waals surface area contributed by atoms with Crippen LogP contribution in [0.25, 0.3) is 0 Å². The first kappa shape index (κ1) is 11.7. The van der Waals surface area contributed by atoms with Crippen LogP contribution >= 0.6 is 34.8 Å². The van der Waals surface area contributed by atoms with Crippen molar-refractivity contribution in [1.29, 1.82) is 0 Å². The highest BCUT2D eigenvalue weighted by atomic mass is 35.5. The molecule has 0 radical (unpaired) electrons. The van der Waals surface area contributed by atoms with Crippen LogP contribution in [0.15, 0.2) is 24.3 Å². The fourth-order valence-electron chi connectivity index (χ4n) is 2.72. The van der Waals surface area contributed by atoms with Crippen molar-refractivity contribution >= 4 is 40.5 Å². The summed E-state index contributed by atoms with van der Waals surface area (Å²) in [5.41, 5.74) is 0.879. The highest BCUT2D eigenvalue weighted by molar-refractivity contribution is 6.44. The number of allylic oxidation sites excluding steroid dienone is 1. The second-order valence-electron chi connectivity index (χ2n) is 4.73.